The minimum atomic E-state index is 0.0782. The van der Waals surface area contributed by atoms with Gasteiger partial charge in [-0.25, -0.2) is 9.97 Å². The van der Waals surface area contributed by atoms with Crippen LogP contribution < -0.4 is 4.90 Å². The van der Waals surface area contributed by atoms with Gasteiger partial charge in [-0.3, -0.25) is 9.88 Å². The van der Waals surface area contributed by atoms with Gasteiger partial charge < -0.3 is 9.64 Å². The second-order valence-electron chi connectivity index (χ2n) is 5.87. The number of aromatic nitrogens is 3. The topological polar surface area (TPSA) is 54.4 Å². The third-order valence-electron chi connectivity index (χ3n) is 4.39. The minimum absolute atomic E-state index is 0.0782. The monoisotopic (exact) mass is 327 g/mol. The fourth-order valence-corrected chi connectivity index (χ4v) is 3.04. The summed E-state index contributed by atoms with van der Waals surface area (Å²) in [6.45, 7) is 9.24. The fourth-order valence-electron chi connectivity index (χ4n) is 3.04. The van der Waals surface area contributed by atoms with Gasteiger partial charge in [0.1, 0.15) is 11.6 Å². The van der Waals surface area contributed by atoms with Gasteiger partial charge in [-0.1, -0.05) is 6.07 Å². The zero-order valence-corrected chi connectivity index (χ0v) is 14.4. The highest BCUT2D eigenvalue weighted by molar-refractivity contribution is 5.37. The van der Waals surface area contributed by atoms with E-state index in [2.05, 4.69) is 39.7 Å². The van der Waals surface area contributed by atoms with E-state index in [1.807, 2.05) is 24.5 Å². The average Bonchev–Trinajstić information content (AvgIpc) is 2.64. The molecule has 2 aromatic rings. The van der Waals surface area contributed by atoms with E-state index in [0.717, 1.165) is 44.4 Å². The van der Waals surface area contributed by atoms with Crippen LogP contribution in [0.5, 0.6) is 0 Å². The molecule has 0 amide bonds. The van der Waals surface area contributed by atoms with Crippen LogP contribution in [0, 0.1) is 0 Å². The Hall–Kier alpha value is -2.05. The van der Waals surface area contributed by atoms with Crippen molar-refractivity contribution in [2.45, 2.75) is 26.4 Å². The molecule has 1 aliphatic heterocycles. The Bertz CT molecular complexity index is 632. The van der Waals surface area contributed by atoms with Crippen LogP contribution in [0.4, 0.5) is 5.82 Å². The molecule has 6 heteroatoms. The van der Waals surface area contributed by atoms with E-state index < -0.39 is 0 Å². The number of pyridine rings is 1. The standard InChI is InChI=1S/C18H25N5O/c1-3-22(4-2)17-7-9-20-18(21-17)16-14-24-11-10-23(16)13-15-6-5-8-19-12-15/h5-9,12,16H,3-4,10-11,13-14H2,1-2H3. The van der Waals surface area contributed by atoms with Gasteiger partial charge in [-0.15, -0.1) is 0 Å². The minimum Gasteiger partial charge on any atom is -0.378 e. The molecular formula is C18H25N5O. The average molecular weight is 327 g/mol. The highest BCUT2D eigenvalue weighted by Gasteiger charge is 2.27. The molecular weight excluding hydrogens is 302 g/mol. The van der Waals surface area contributed by atoms with E-state index in [1.54, 1.807) is 6.20 Å². The van der Waals surface area contributed by atoms with Crippen molar-refractivity contribution in [2.75, 3.05) is 37.7 Å². The van der Waals surface area contributed by atoms with Crippen LogP contribution in [0.2, 0.25) is 0 Å². The second kappa shape index (κ2) is 8.17. The SMILES string of the molecule is CCN(CC)c1ccnc(C2COCCN2Cc2cccnc2)n1. The van der Waals surface area contributed by atoms with Crippen molar-refractivity contribution >= 4 is 5.82 Å². The van der Waals surface area contributed by atoms with Crippen LogP contribution in [-0.2, 0) is 11.3 Å². The molecule has 0 spiro atoms. The van der Waals surface area contributed by atoms with Crippen molar-refractivity contribution in [1.82, 2.24) is 19.9 Å². The number of hydrogen-bond acceptors (Lipinski definition) is 6. The van der Waals surface area contributed by atoms with Crippen LogP contribution in [0.25, 0.3) is 0 Å². The lowest BCUT2D eigenvalue weighted by Crippen LogP contribution is -2.40. The van der Waals surface area contributed by atoms with Gasteiger partial charge >= 0.3 is 0 Å². The molecule has 128 valence electrons. The lowest BCUT2D eigenvalue weighted by atomic mass is 10.1. The Morgan fingerprint density at radius 2 is 2.12 bits per heavy atom. The van der Waals surface area contributed by atoms with Gasteiger partial charge in [0.25, 0.3) is 0 Å². The van der Waals surface area contributed by atoms with Crippen molar-refractivity contribution in [2.24, 2.45) is 0 Å². The van der Waals surface area contributed by atoms with Gasteiger partial charge in [0.2, 0.25) is 0 Å². The predicted molar refractivity (Wildman–Crippen MR) is 93.8 cm³/mol. The molecule has 3 heterocycles. The fraction of sp³-hybridized carbons (Fsp3) is 0.500. The van der Waals surface area contributed by atoms with Gasteiger partial charge in [0, 0.05) is 44.8 Å². The maximum absolute atomic E-state index is 5.71. The highest BCUT2D eigenvalue weighted by Crippen LogP contribution is 2.24. The molecule has 24 heavy (non-hydrogen) atoms. The van der Waals surface area contributed by atoms with Crippen LogP contribution in [0.15, 0.2) is 36.8 Å². The lowest BCUT2D eigenvalue weighted by molar-refractivity contribution is -0.0159. The van der Waals surface area contributed by atoms with Crippen molar-refractivity contribution in [3.05, 3.63) is 48.2 Å². The van der Waals surface area contributed by atoms with E-state index in [-0.39, 0.29) is 6.04 Å². The Kier molecular flexibility index (Phi) is 5.72. The van der Waals surface area contributed by atoms with Crippen molar-refractivity contribution in [3.63, 3.8) is 0 Å². The number of rotatable bonds is 6. The van der Waals surface area contributed by atoms with Gasteiger partial charge in [-0.05, 0) is 31.5 Å². The normalized spacial score (nSPS) is 18.5. The summed E-state index contributed by atoms with van der Waals surface area (Å²) < 4.78 is 5.71. The van der Waals surface area contributed by atoms with Crippen molar-refractivity contribution < 1.29 is 4.74 Å². The summed E-state index contributed by atoms with van der Waals surface area (Å²) in [5, 5.41) is 0. The first-order chi connectivity index (χ1) is 11.8. The van der Waals surface area contributed by atoms with E-state index in [0.29, 0.717) is 6.61 Å². The zero-order chi connectivity index (χ0) is 16.8. The number of morpholine rings is 1. The third kappa shape index (κ3) is 3.88. The summed E-state index contributed by atoms with van der Waals surface area (Å²) in [6, 6.07) is 6.13. The van der Waals surface area contributed by atoms with Crippen LogP contribution in [0.3, 0.4) is 0 Å². The maximum Gasteiger partial charge on any atom is 0.150 e. The molecule has 0 aliphatic carbocycles. The van der Waals surface area contributed by atoms with Gasteiger partial charge in [-0.2, -0.15) is 0 Å². The molecule has 1 aliphatic rings. The van der Waals surface area contributed by atoms with Crippen LogP contribution in [-0.4, -0.2) is 52.7 Å². The van der Waals surface area contributed by atoms with Crippen LogP contribution in [0.1, 0.15) is 31.3 Å². The molecule has 1 unspecified atom stereocenters. The molecule has 1 fully saturated rings. The lowest BCUT2D eigenvalue weighted by Gasteiger charge is -2.34. The summed E-state index contributed by atoms with van der Waals surface area (Å²) in [5.41, 5.74) is 1.20. The second-order valence-corrected chi connectivity index (χ2v) is 5.87. The number of hydrogen-bond donors (Lipinski definition) is 0. The summed E-state index contributed by atoms with van der Waals surface area (Å²) in [6.07, 6.45) is 5.57. The molecule has 0 bridgehead atoms. The number of anilines is 1. The van der Waals surface area contributed by atoms with E-state index >= 15 is 0 Å². The number of nitrogens with zero attached hydrogens (tertiary/aromatic N) is 5. The summed E-state index contributed by atoms with van der Waals surface area (Å²) in [4.78, 5) is 18.2. The predicted octanol–water partition coefficient (Wildman–Crippen LogP) is 2.29. The van der Waals surface area contributed by atoms with E-state index in [1.165, 1.54) is 5.56 Å². The Morgan fingerprint density at radius 1 is 1.25 bits per heavy atom. The highest BCUT2D eigenvalue weighted by atomic mass is 16.5. The molecule has 3 rings (SSSR count). The Balaban J connectivity index is 1.81. The largest absolute Gasteiger partial charge is 0.378 e. The van der Waals surface area contributed by atoms with Crippen molar-refractivity contribution in [1.29, 1.82) is 0 Å². The molecule has 0 N–H and O–H groups in total. The third-order valence-corrected chi connectivity index (χ3v) is 4.39. The number of ether oxygens (including phenoxy) is 1. The Labute approximate surface area is 143 Å². The van der Waals surface area contributed by atoms with Gasteiger partial charge in [0.05, 0.1) is 19.3 Å². The van der Waals surface area contributed by atoms with Gasteiger partial charge in [0.15, 0.2) is 0 Å². The van der Waals surface area contributed by atoms with Crippen LogP contribution >= 0.6 is 0 Å². The molecule has 6 nitrogen and oxygen atoms in total. The maximum atomic E-state index is 5.71. The molecule has 2 aromatic heterocycles. The zero-order valence-electron chi connectivity index (χ0n) is 14.4. The van der Waals surface area contributed by atoms with Crippen molar-refractivity contribution in [3.8, 4) is 0 Å². The smallest absolute Gasteiger partial charge is 0.150 e. The molecule has 1 atom stereocenters. The first-order valence-electron chi connectivity index (χ1n) is 8.60. The van der Waals surface area contributed by atoms with E-state index in [9.17, 15) is 0 Å². The summed E-state index contributed by atoms with van der Waals surface area (Å²) in [7, 11) is 0. The molecule has 0 saturated carbocycles. The first kappa shape index (κ1) is 16.8. The molecule has 0 radical (unpaired) electrons. The summed E-state index contributed by atoms with van der Waals surface area (Å²) >= 11 is 0. The molecule has 1 saturated heterocycles. The summed E-state index contributed by atoms with van der Waals surface area (Å²) in [5.74, 6) is 1.82. The quantitative estimate of drug-likeness (QED) is 0.811. The Morgan fingerprint density at radius 3 is 2.88 bits per heavy atom. The molecule has 0 aromatic carbocycles. The first-order valence-corrected chi connectivity index (χ1v) is 8.60. The van der Waals surface area contributed by atoms with E-state index in [4.69, 9.17) is 9.72 Å².